The van der Waals surface area contributed by atoms with Gasteiger partial charge in [-0.3, -0.25) is 9.59 Å². The van der Waals surface area contributed by atoms with E-state index in [0.717, 1.165) is 10.5 Å². The van der Waals surface area contributed by atoms with Crippen molar-refractivity contribution < 1.29 is 14.4 Å². The lowest BCUT2D eigenvalue weighted by Crippen LogP contribution is -2.38. The van der Waals surface area contributed by atoms with Crippen LogP contribution in [0.25, 0.3) is 6.08 Å². The molecule has 0 saturated carbocycles. The molecule has 0 aromatic heterocycles. The number of anilines is 1. The van der Waals surface area contributed by atoms with Crippen molar-refractivity contribution in [3.05, 3.63) is 70.4 Å². The largest absolute Gasteiger partial charge is 0.329 e. The van der Waals surface area contributed by atoms with Crippen molar-refractivity contribution in [1.29, 1.82) is 0 Å². The highest BCUT2D eigenvalue weighted by molar-refractivity contribution is 6.30. The van der Waals surface area contributed by atoms with E-state index >= 15 is 0 Å². The van der Waals surface area contributed by atoms with Crippen molar-refractivity contribution in [3.8, 4) is 0 Å². The lowest BCUT2D eigenvalue weighted by molar-refractivity contribution is -0.127. The van der Waals surface area contributed by atoms with E-state index in [1.165, 1.54) is 6.08 Å². The van der Waals surface area contributed by atoms with Crippen molar-refractivity contribution in [2.45, 2.75) is 6.92 Å². The lowest BCUT2D eigenvalue weighted by atomic mass is 10.2. The third-order valence-corrected chi connectivity index (χ3v) is 3.99. The van der Waals surface area contributed by atoms with Crippen LogP contribution in [-0.2, 0) is 9.59 Å². The molecule has 1 heterocycles. The van der Waals surface area contributed by atoms with Crippen molar-refractivity contribution in [2.24, 2.45) is 0 Å². The highest BCUT2D eigenvalue weighted by Crippen LogP contribution is 2.17. The summed E-state index contributed by atoms with van der Waals surface area (Å²) in [6, 6.07) is 13.5. The van der Waals surface area contributed by atoms with Gasteiger partial charge in [0.15, 0.2) is 0 Å². The first-order valence-electron chi connectivity index (χ1n) is 7.89. The molecule has 0 radical (unpaired) electrons. The van der Waals surface area contributed by atoms with Crippen LogP contribution in [-0.4, -0.2) is 29.3 Å². The first-order chi connectivity index (χ1) is 12.4. The summed E-state index contributed by atoms with van der Waals surface area (Å²) in [6.07, 6.45) is 1.52. The minimum atomic E-state index is -0.637. The summed E-state index contributed by atoms with van der Waals surface area (Å²) >= 11 is 5.91. The number of benzene rings is 2. The molecule has 132 valence electrons. The Morgan fingerprint density at radius 2 is 1.92 bits per heavy atom. The van der Waals surface area contributed by atoms with E-state index in [0.29, 0.717) is 16.3 Å². The van der Waals surface area contributed by atoms with E-state index < -0.39 is 17.8 Å². The zero-order valence-electron chi connectivity index (χ0n) is 14.0. The van der Waals surface area contributed by atoms with Gasteiger partial charge in [-0.05, 0) is 42.8 Å². The van der Waals surface area contributed by atoms with Crippen molar-refractivity contribution in [2.75, 3.05) is 11.9 Å². The Bertz CT molecular complexity index is 907. The van der Waals surface area contributed by atoms with Gasteiger partial charge in [0.1, 0.15) is 12.2 Å². The first-order valence-corrected chi connectivity index (χ1v) is 8.27. The minimum absolute atomic E-state index is 0.0976. The molecule has 0 spiro atoms. The summed E-state index contributed by atoms with van der Waals surface area (Å²) in [4.78, 5) is 37.4. The smallest absolute Gasteiger partial charge is 0.325 e. The highest BCUT2D eigenvalue weighted by Gasteiger charge is 2.34. The van der Waals surface area contributed by atoms with Gasteiger partial charge in [-0.25, -0.2) is 9.69 Å². The van der Waals surface area contributed by atoms with Gasteiger partial charge in [0.05, 0.1) is 0 Å². The number of hydrogen-bond acceptors (Lipinski definition) is 3. The van der Waals surface area contributed by atoms with Gasteiger partial charge in [0.25, 0.3) is 5.91 Å². The molecule has 4 amide bonds. The average molecular weight is 370 g/mol. The Morgan fingerprint density at radius 3 is 2.62 bits per heavy atom. The summed E-state index contributed by atoms with van der Waals surface area (Å²) in [6.45, 7) is 1.57. The van der Waals surface area contributed by atoms with E-state index in [4.69, 9.17) is 11.6 Å². The summed E-state index contributed by atoms with van der Waals surface area (Å²) in [5.74, 6) is -1.02. The molecule has 6 nitrogen and oxygen atoms in total. The normalized spacial score (nSPS) is 15.3. The SMILES string of the molecule is Cc1ccc(NC(=O)CN2C(=O)N/C(=C/c3cccc(Cl)c3)C2=O)cc1. The molecular weight excluding hydrogens is 354 g/mol. The molecule has 0 bridgehead atoms. The Balaban J connectivity index is 1.69. The second kappa shape index (κ2) is 7.41. The van der Waals surface area contributed by atoms with E-state index in [1.54, 1.807) is 36.4 Å². The van der Waals surface area contributed by atoms with Gasteiger partial charge in [-0.1, -0.05) is 41.4 Å². The van der Waals surface area contributed by atoms with Crippen LogP contribution in [0.1, 0.15) is 11.1 Å². The zero-order chi connectivity index (χ0) is 18.7. The maximum Gasteiger partial charge on any atom is 0.329 e. The maximum atomic E-state index is 12.4. The summed E-state index contributed by atoms with van der Waals surface area (Å²) < 4.78 is 0. The summed E-state index contributed by atoms with van der Waals surface area (Å²) in [5, 5.41) is 5.65. The van der Waals surface area contributed by atoms with Crippen LogP contribution < -0.4 is 10.6 Å². The number of carbonyl (C=O) groups excluding carboxylic acids is 3. The number of aryl methyl sites for hydroxylation is 1. The summed E-state index contributed by atoms with van der Waals surface area (Å²) in [7, 11) is 0. The monoisotopic (exact) mass is 369 g/mol. The second-order valence-corrected chi connectivity index (χ2v) is 6.29. The molecule has 1 aliphatic heterocycles. The van der Waals surface area contributed by atoms with Crippen LogP contribution >= 0.6 is 11.6 Å². The van der Waals surface area contributed by atoms with E-state index in [2.05, 4.69) is 10.6 Å². The van der Waals surface area contributed by atoms with E-state index in [9.17, 15) is 14.4 Å². The molecule has 0 atom stereocenters. The number of nitrogens with zero attached hydrogens (tertiary/aromatic N) is 1. The molecular formula is C19H16ClN3O3. The molecule has 2 aromatic rings. The fraction of sp³-hybridized carbons (Fsp3) is 0.105. The number of urea groups is 1. The van der Waals surface area contributed by atoms with Crippen LogP contribution in [0.15, 0.2) is 54.2 Å². The van der Waals surface area contributed by atoms with Gasteiger partial charge in [-0.15, -0.1) is 0 Å². The molecule has 7 heteroatoms. The number of halogens is 1. The molecule has 1 aliphatic rings. The number of nitrogens with one attached hydrogen (secondary N) is 2. The first kappa shape index (κ1) is 17.7. The topological polar surface area (TPSA) is 78.5 Å². The van der Waals surface area contributed by atoms with Crippen molar-refractivity contribution >= 4 is 41.2 Å². The standard InChI is InChI=1S/C19H16ClN3O3/c1-12-5-7-15(8-6-12)21-17(24)11-23-18(25)16(22-19(23)26)10-13-3-2-4-14(20)9-13/h2-10H,11H2,1H3,(H,21,24)(H,22,26)/b16-10+. The molecule has 26 heavy (non-hydrogen) atoms. The van der Waals surface area contributed by atoms with Gasteiger partial charge in [-0.2, -0.15) is 0 Å². The van der Waals surface area contributed by atoms with Crippen molar-refractivity contribution in [3.63, 3.8) is 0 Å². The Morgan fingerprint density at radius 1 is 1.19 bits per heavy atom. The number of amides is 4. The van der Waals surface area contributed by atoms with Crippen LogP contribution in [0, 0.1) is 6.92 Å². The summed E-state index contributed by atoms with van der Waals surface area (Å²) in [5.41, 5.74) is 2.43. The Labute approximate surface area is 155 Å². The van der Waals surface area contributed by atoms with Crippen LogP contribution in [0.4, 0.5) is 10.5 Å². The number of carbonyl (C=O) groups is 3. The van der Waals surface area contributed by atoms with Gasteiger partial charge in [0.2, 0.25) is 5.91 Å². The Hall–Kier alpha value is -3.12. The van der Waals surface area contributed by atoms with Gasteiger partial charge in [0, 0.05) is 10.7 Å². The highest BCUT2D eigenvalue weighted by atomic mass is 35.5. The van der Waals surface area contributed by atoms with Crippen LogP contribution in [0.2, 0.25) is 5.02 Å². The number of rotatable bonds is 4. The average Bonchev–Trinajstić information content (AvgIpc) is 2.84. The fourth-order valence-electron chi connectivity index (χ4n) is 2.46. The molecule has 1 saturated heterocycles. The predicted octanol–water partition coefficient (Wildman–Crippen LogP) is 3.18. The third-order valence-electron chi connectivity index (χ3n) is 3.76. The van der Waals surface area contributed by atoms with Gasteiger partial charge < -0.3 is 10.6 Å². The predicted molar refractivity (Wildman–Crippen MR) is 99.5 cm³/mol. The molecule has 0 unspecified atom stereocenters. The number of hydrogen-bond donors (Lipinski definition) is 2. The lowest BCUT2D eigenvalue weighted by Gasteiger charge is -2.12. The van der Waals surface area contributed by atoms with Gasteiger partial charge >= 0.3 is 6.03 Å². The maximum absolute atomic E-state index is 12.4. The Kier molecular flexibility index (Phi) is 5.04. The van der Waals surface area contributed by atoms with E-state index in [-0.39, 0.29) is 12.2 Å². The molecule has 2 N–H and O–H groups in total. The molecule has 2 aromatic carbocycles. The molecule has 1 fully saturated rings. The number of imide groups is 1. The van der Waals surface area contributed by atoms with Crippen LogP contribution in [0.3, 0.4) is 0 Å². The third kappa shape index (κ3) is 4.10. The zero-order valence-corrected chi connectivity index (χ0v) is 14.7. The molecule has 0 aliphatic carbocycles. The van der Waals surface area contributed by atoms with E-state index in [1.807, 2.05) is 19.1 Å². The quantitative estimate of drug-likeness (QED) is 0.641. The fourth-order valence-corrected chi connectivity index (χ4v) is 2.66. The van der Waals surface area contributed by atoms with Crippen molar-refractivity contribution in [1.82, 2.24) is 10.2 Å². The molecule has 3 rings (SSSR count). The second-order valence-electron chi connectivity index (χ2n) is 5.85. The minimum Gasteiger partial charge on any atom is -0.325 e. The van der Waals surface area contributed by atoms with Crippen LogP contribution in [0.5, 0.6) is 0 Å².